The highest BCUT2D eigenvalue weighted by atomic mass is 79.9. The molecule has 2 heterocycles. The number of aromatic nitrogens is 3. The summed E-state index contributed by atoms with van der Waals surface area (Å²) in [5, 5.41) is 5.17. The van der Waals surface area contributed by atoms with Crippen LogP contribution < -0.4 is 9.66 Å². The SMILES string of the molecule is Cc1onc(-c2ccccc2)c1-c1ccc2nc(N)nc(N(Br)c3ccccc3)c2c1. The molecular formula is C24H18BrN5O. The zero-order valence-electron chi connectivity index (χ0n) is 16.7. The zero-order chi connectivity index (χ0) is 21.4. The first-order valence-electron chi connectivity index (χ1n) is 9.72. The smallest absolute Gasteiger partial charge is 0.222 e. The van der Waals surface area contributed by atoms with E-state index in [-0.39, 0.29) is 5.95 Å². The van der Waals surface area contributed by atoms with Crippen molar-refractivity contribution >= 4 is 44.5 Å². The number of para-hydroxylation sites is 1. The molecule has 0 radical (unpaired) electrons. The van der Waals surface area contributed by atoms with Crippen LogP contribution >= 0.6 is 16.1 Å². The number of nitrogens with two attached hydrogens (primary N) is 1. The van der Waals surface area contributed by atoms with Crippen LogP contribution in [-0.2, 0) is 0 Å². The molecule has 0 amide bonds. The molecule has 7 heteroatoms. The first-order chi connectivity index (χ1) is 15.1. The lowest BCUT2D eigenvalue weighted by Crippen LogP contribution is -2.07. The lowest BCUT2D eigenvalue weighted by atomic mass is 9.98. The molecule has 0 unspecified atom stereocenters. The number of rotatable bonds is 4. The highest BCUT2D eigenvalue weighted by Gasteiger charge is 2.19. The summed E-state index contributed by atoms with van der Waals surface area (Å²) >= 11 is 3.64. The van der Waals surface area contributed by atoms with Crippen molar-refractivity contribution in [3.63, 3.8) is 0 Å². The second-order valence-corrected chi connectivity index (χ2v) is 7.79. The maximum absolute atomic E-state index is 6.00. The lowest BCUT2D eigenvalue weighted by Gasteiger charge is -2.18. The van der Waals surface area contributed by atoms with E-state index in [1.807, 2.05) is 89.7 Å². The predicted octanol–water partition coefficient (Wildman–Crippen LogP) is 6.29. The monoisotopic (exact) mass is 471 g/mol. The van der Waals surface area contributed by atoms with Gasteiger partial charge in [0.25, 0.3) is 0 Å². The van der Waals surface area contributed by atoms with Gasteiger partial charge in [0, 0.05) is 10.9 Å². The molecule has 152 valence electrons. The minimum atomic E-state index is 0.210. The number of fused-ring (bicyclic) bond motifs is 1. The Hall–Kier alpha value is -3.71. The Labute approximate surface area is 187 Å². The minimum Gasteiger partial charge on any atom is -0.368 e. The van der Waals surface area contributed by atoms with E-state index >= 15 is 0 Å². The van der Waals surface area contributed by atoms with Crippen molar-refractivity contribution in [2.24, 2.45) is 0 Å². The van der Waals surface area contributed by atoms with Crippen molar-refractivity contribution < 1.29 is 4.52 Å². The van der Waals surface area contributed by atoms with Gasteiger partial charge in [-0.05, 0) is 36.8 Å². The molecule has 5 aromatic rings. The van der Waals surface area contributed by atoms with Crippen LogP contribution in [0.1, 0.15) is 5.76 Å². The molecule has 6 nitrogen and oxygen atoms in total. The van der Waals surface area contributed by atoms with Crippen LogP contribution in [0.15, 0.2) is 83.4 Å². The third-order valence-electron chi connectivity index (χ3n) is 5.06. The van der Waals surface area contributed by atoms with E-state index in [0.717, 1.165) is 44.7 Å². The van der Waals surface area contributed by atoms with Crippen LogP contribution in [0.5, 0.6) is 0 Å². The average molecular weight is 472 g/mol. The molecule has 0 fully saturated rings. The molecule has 5 rings (SSSR count). The van der Waals surface area contributed by atoms with E-state index < -0.39 is 0 Å². The van der Waals surface area contributed by atoms with Gasteiger partial charge >= 0.3 is 0 Å². The number of nitrogens with zero attached hydrogens (tertiary/aromatic N) is 4. The fourth-order valence-corrected chi connectivity index (χ4v) is 4.13. The van der Waals surface area contributed by atoms with Gasteiger partial charge in [-0.3, -0.25) is 3.93 Å². The highest BCUT2D eigenvalue weighted by Crippen LogP contribution is 2.39. The molecule has 31 heavy (non-hydrogen) atoms. The van der Waals surface area contributed by atoms with Crippen LogP contribution in [0.3, 0.4) is 0 Å². The Morgan fingerprint density at radius 3 is 2.32 bits per heavy atom. The fourth-order valence-electron chi connectivity index (χ4n) is 3.62. The van der Waals surface area contributed by atoms with Gasteiger partial charge in [-0.2, -0.15) is 4.98 Å². The number of halogens is 1. The topological polar surface area (TPSA) is 81.1 Å². The second kappa shape index (κ2) is 7.85. The molecule has 3 aromatic carbocycles. The Kier molecular flexibility index (Phi) is 4.88. The lowest BCUT2D eigenvalue weighted by molar-refractivity contribution is 0.400. The van der Waals surface area contributed by atoms with E-state index in [4.69, 9.17) is 10.3 Å². The van der Waals surface area contributed by atoms with Crippen molar-refractivity contribution in [3.8, 4) is 22.4 Å². The van der Waals surface area contributed by atoms with E-state index in [2.05, 4.69) is 31.3 Å². The third kappa shape index (κ3) is 3.53. The Balaban J connectivity index is 1.70. The summed E-state index contributed by atoms with van der Waals surface area (Å²) in [6.07, 6.45) is 0. The quantitative estimate of drug-likeness (QED) is 0.310. The van der Waals surface area contributed by atoms with Gasteiger partial charge in [0.1, 0.15) is 11.5 Å². The van der Waals surface area contributed by atoms with E-state index in [9.17, 15) is 0 Å². The third-order valence-corrected chi connectivity index (χ3v) is 5.81. The van der Waals surface area contributed by atoms with Crippen LogP contribution in [0, 0.1) is 6.92 Å². The summed E-state index contributed by atoms with van der Waals surface area (Å²) in [5.41, 5.74) is 11.4. The van der Waals surface area contributed by atoms with Gasteiger partial charge in [-0.25, -0.2) is 4.98 Å². The Bertz CT molecular complexity index is 1370. The average Bonchev–Trinajstić information content (AvgIpc) is 3.20. The molecule has 0 aliphatic rings. The minimum absolute atomic E-state index is 0.210. The number of anilines is 3. The maximum Gasteiger partial charge on any atom is 0.222 e. The van der Waals surface area contributed by atoms with Crippen molar-refractivity contribution in [1.29, 1.82) is 0 Å². The normalized spacial score (nSPS) is 11.0. The fraction of sp³-hybridized carbons (Fsp3) is 0.0417. The summed E-state index contributed by atoms with van der Waals surface area (Å²) in [4.78, 5) is 8.93. The van der Waals surface area contributed by atoms with Crippen molar-refractivity contribution in [2.75, 3.05) is 9.66 Å². The number of aryl methyl sites for hydroxylation is 1. The Morgan fingerprint density at radius 1 is 0.871 bits per heavy atom. The molecule has 0 bridgehead atoms. The van der Waals surface area contributed by atoms with Crippen LogP contribution in [-0.4, -0.2) is 15.1 Å². The molecule has 0 saturated heterocycles. The van der Waals surface area contributed by atoms with Crippen molar-refractivity contribution in [2.45, 2.75) is 6.92 Å². The van der Waals surface area contributed by atoms with Crippen LogP contribution in [0.25, 0.3) is 33.3 Å². The molecule has 0 saturated carbocycles. The summed E-state index contributed by atoms with van der Waals surface area (Å²) < 4.78 is 7.39. The van der Waals surface area contributed by atoms with Gasteiger partial charge in [0.15, 0.2) is 5.82 Å². The van der Waals surface area contributed by atoms with E-state index in [1.54, 1.807) is 0 Å². The number of hydrogen-bond acceptors (Lipinski definition) is 6. The Morgan fingerprint density at radius 2 is 1.58 bits per heavy atom. The van der Waals surface area contributed by atoms with Gasteiger partial charge < -0.3 is 10.3 Å². The summed E-state index contributed by atoms with van der Waals surface area (Å²) in [6.45, 7) is 1.92. The zero-order valence-corrected chi connectivity index (χ0v) is 18.2. The summed E-state index contributed by atoms with van der Waals surface area (Å²) in [7, 11) is 0. The highest BCUT2D eigenvalue weighted by molar-refractivity contribution is 9.10. The molecule has 0 aliphatic heterocycles. The van der Waals surface area contributed by atoms with Gasteiger partial charge in [-0.1, -0.05) is 59.8 Å². The molecule has 0 atom stereocenters. The second-order valence-electron chi connectivity index (χ2n) is 7.08. The number of hydrogen-bond donors (Lipinski definition) is 1. The van der Waals surface area contributed by atoms with Crippen LogP contribution in [0.2, 0.25) is 0 Å². The van der Waals surface area contributed by atoms with Gasteiger partial charge in [-0.15, -0.1) is 0 Å². The van der Waals surface area contributed by atoms with Crippen molar-refractivity contribution in [3.05, 3.63) is 84.6 Å². The molecular weight excluding hydrogens is 454 g/mol. The maximum atomic E-state index is 6.00. The molecule has 2 N–H and O–H groups in total. The van der Waals surface area contributed by atoms with Gasteiger partial charge in [0.05, 0.1) is 32.9 Å². The number of nitrogen functional groups attached to an aromatic ring is 1. The molecule has 0 aliphatic carbocycles. The standard InChI is InChI=1S/C24H18BrN5O/c1-15-21(22(29-31-15)16-8-4-2-5-9-16)17-12-13-20-19(14-17)23(28-24(26)27-20)30(25)18-10-6-3-7-11-18/h2-14H,1H3,(H2,26,27,28). The van der Waals surface area contributed by atoms with Crippen molar-refractivity contribution in [1.82, 2.24) is 15.1 Å². The summed E-state index contributed by atoms with van der Waals surface area (Å²) in [6, 6.07) is 25.9. The van der Waals surface area contributed by atoms with Crippen LogP contribution in [0.4, 0.5) is 17.5 Å². The first-order valence-corrected chi connectivity index (χ1v) is 10.4. The van der Waals surface area contributed by atoms with E-state index in [0.29, 0.717) is 5.82 Å². The van der Waals surface area contributed by atoms with E-state index in [1.165, 1.54) is 0 Å². The first kappa shape index (κ1) is 19.3. The number of benzene rings is 3. The summed E-state index contributed by atoms with van der Waals surface area (Å²) in [5.74, 6) is 1.61. The molecule has 0 spiro atoms. The largest absolute Gasteiger partial charge is 0.368 e. The predicted molar refractivity (Wildman–Crippen MR) is 127 cm³/mol. The molecule has 2 aromatic heterocycles. The van der Waals surface area contributed by atoms with Gasteiger partial charge in [0.2, 0.25) is 5.95 Å².